The Bertz CT molecular complexity index is 1310. The molecule has 2 aliphatic rings. The van der Waals surface area contributed by atoms with Crippen LogP contribution in [0.15, 0.2) is 48.6 Å². The number of fused-ring (bicyclic) bond motifs is 1. The third-order valence-corrected chi connectivity index (χ3v) is 8.07. The Morgan fingerprint density at radius 3 is 2.24 bits per heavy atom. The quantitative estimate of drug-likeness (QED) is 0.321. The molecular weight excluding hydrogens is 478 g/mol. The summed E-state index contributed by atoms with van der Waals surface area (Å²) >= 11 is 0. The molecule has 0 bridgehead atoms. The monoisotopic (exact) mass is 515 g/mol. The summed E-state index contributed by atoms with van der Waals surface area (Å²) < 4.78 is 0. The third kappa shape index (κ3) is 5.97. The fourth-order valence-corrected chi connectivity index (χ4v) is 5.60. The number of carbonyl (C=O) groups is 3. The lowest BCUT2D eigenvalue weighted by molar-refractivity contribution is -0.137. The van der Waals surface area contributed by atoms with Crippen LogP contribution in [-0.2, 0) is 15.6 Å². The zero-order valence-electron chi connectivity index (χ0n) is 22.7. The molecule has 0 aromatic heterocycles. The maximum atomic E-state index is 13.4. The first-order valence-corrected chi connectivity index (χ1v) is 13.3. The SMILES string of the molecule is CC1(C)CCC(C)(C)c2c(C3=CCN(CCC(=O)O)CC3)cc(C(=O)/C=C\c3ccc(C(=O)O)cc3)cc21. The van der Waals surface area contributed by atoms with Gasteiger partial charge in [0, 0.05) is 25.2 Å². The first-order chi connectivity index (χ1) is 17.9. The molecule has 6 nitrogen and oxygen atoms in total. The van der Waals surface area contributed by atoms with E-state index < -0.39 is 11.9 Å². The van der Waals surface area contributed by atoms with Gasteiger partial charge in [-0.05, 0) is 88.3 Å². The second kappa shape index (κ2) is 10.7. The number of hydrogen-bond acceptors (Lipinski definition) is 4. The number of aliphatic carboxylic acids is 1. The summed E-state index contributed by atoms with van der Waals surface area (Å²) in [6.07, 6.45) is 8.54. The summed E-state index contributed by atoms with van der Waals surface area (Å²) in [6.45, 7) is 11.1. The van der Waals surface area contributed by atoms with Crippen LogP contribution in [0, 0.1) is 0 Å². The fourth-order valence-electron chi connectivity index (χ4n) is 5.60. The number of nitrogens with zero attached hydrogens (tertiary/aromatic N) is 1. The molecule has 0 unspecified atom stereocenters. The van der Waals surface area contributed by atoms with E-state index in [1.165, 1.54) is 28.8 Å². The number of hydrogen-bond donors (Lipinski definition) is 2. The van der Waals surface area contributed by atoms with Crippen molar-refractivity contribution >= 4 is 29.4 Å². The highest BCUT2D eigenvalue weighted by molar-refractivity contribution is 6.07. The van der Waals surface area contributed by atoms with Crippen molar-refractivity contribution in [3.05, 3.63) is 81.9 Å². The van der Waals surface area contributed by atoms with Gasteiger partial charge in [0.05, 0.1) is 12.0 Å². The van der Waals surface area contributed by atoms with E-state index in [0.29, 0.717) is 18.7 Å². The molecule has 38 heavy (non-hydrogen) atoms. The van der Waals surface area contributed by atoms with Gasteiger partial charge in [-0.1, -0.05) is 52.0 Å². The van der Waals surface area contributed by atoms with Crippen LogP contribution in [0.4, 0.5) is 0 Å². The van der Waals surface area contributed by atoms with Gasteiger partial charge < -0.3 is 10.2 Å². The van der Waals surface area contributed by atoms with Crippen molar-refractivity contribution in [1.29, 1.82) is 0 Å². The van der Waals surface area contributed by atoms with Crippen molar-refractivity contribution in [3.8, 4) is 0 Å². The van der Waals surface area contributed by atoms with Gasteiger partial charge in [0.15, 0.2) is 5.78 Å². The molecule has 6 heteroatoms. The van der Waals surface area contributed by atoms with Gasteiger partial charge in [0.1, 0.15) is 0 Å². The van der Waals surface area contributed by atoms with Gasteiger partial charge >= 0.3 is 11.9 Å². The number of aromatic carboxylic acids is 1. The maximum Gasteiger partial charge on any atom is 0.335 e. The van der Waals surface area contributed by atoms with E-state index in [9.17, 15) is 14.4 Å². The van der Waals surface area contributed by atoms with E-state index in [2.05, 4.69) is 44.7 Å². The lowest BCUT2D eigenvalue weighted by atomic mass is 9.61. The second-order valence-electron chi connectivity index (χ2n) is 11.8. The molecule has 2 aromatic rings. The number of carboxylic acid groups (broad SMARTS) is 2. The molecule has 1 heterocycles. The van der Waals surface area contributed by atoms with Crippen LogP contribution < -0.4 is 0 Å². The molecule has 200 valence electrons. The molecule has 1 aliphatic heterocycles. The number of allylic oxidation sites excluding steroid dienone is 1. The summed E-state index contributed by atoms with van der Waals surface area (Å²) in [5.41, 5.74) is 6.45. The Morgan fingerprint density at radius 1 is 0.947 bits per heavy atom. The molecule has 2 aromatic carbocycles. The number of benzene rings is 2. The van der Waals surface area contributed by atoms with Crippen LogP contribution in [0.3, 0.4) is 0 Å². The number of ketones is 1. The van der Waals surface area contributed by atoms with Crippen LogP contribution >= 0.6 is 0 Å². The van der Waals surface area contributed by atoms with Crippen LogP contribution in [0.1, 0.15) is 96.3 Å². The van der Waals surface area contributed by atoms with Crippen molar-refractivity contribution in [1.82, 2.24) is 4.90 Å². The van der Waals surface area contributed by atoms with Gasteiger partial charge in [0.2, 0.25) is 0 Å². The zero-order valence-corrected chi connectivity index (χ0v) is 22.7. The summed E-state index contributed by atoms with van der Waals surface area (Å²) in [5.74, 6) is -1.85. The molecule has 0 amide bonds. The summed E-state index contributed by atoms with van der Waals surface area (Å²) in [4.78, 5) is 37.7. The highest BCUT2D eigenvalue weighted by Crippen LogP contribution is 2.49. The molecule has 0 fully saturated rings. The molecular formula is C32H37NO5. The van der Waals surface area contributed by atoms with Gasteiger partial charge in [-0.2, -0.15) is 0 Å². The van der Waals surface area contributed by atoms with Crippen LogP contribution in [0.5, 0.6) is 0 Å². The largest absolute Gasteiger partial charge is 0.481 e. The van der Waals surface area contributed by atoms with E-state index >= 15 is 0 Å². The smallest absolute Gasteiger partial charge is 0.335 e. The number of rotatable bonds is 8. The van der Waals surface area contributed by atoms with Crippen LogP contribution in [0.2, 0.25) is 0 Å². The van der Waals surface area contributed by atoms with E-state index in [-0.39, 0.29) is 28.6 Å². The standard InChI is InChI=1S/C32H37NO5/c1-31(2)14-15-32(3,4)29-25(22-11-16-33(17-12-22)18-13-28(35)36)19-24(20-26(29)31)27(34)10-7-21-5-8-23(9-6-21)30(37)38/h5-11,19-20H,12-18H2,1-4H3,(H,35,36)(H,37,38)/b10-7-. The Kier molecular flexibility index (Phi) is 7.75. The molecule has 1 aliphatic carbocycles. The lowest BCUT2D eigenvalue weighted by Crippen LogP contribution is -2.36. The number of carbonyl (C=O) groups excluding carboxylic acids is 1. The van der Waals surface area contributed by atoms with Gasteiger partial charge in [-0.15, -0.1) is 0 Å². The third-order valence-electron chi connectivity index (χ3n) is 8.07. The minimum absolute atomic E-state index is 0.0230. The minimum atomic E-state index is -0.981. The van der Waals surface area contributed by atoms with Crippen molar-refractivity contribution in [3.63, 3.8) is 0 Å². The molecule has 0 radical (unpaired) electrons. The number of carboxylic acids is 2. The first-order valence-electron chi connectivity index (χ1n) is 13.3. The van der Waals surface area contributed by atoms with Gasteiger partial charge in [-0.3, -0.25) is 14.5 Å². The summed E-state index contributed by atoms with van der Waals surface area (Å²) in [6, 6.07) is 10.6. The van der Waals surface area contributed by atoms with Crippen LogP contribution in [-0.4, -0.2) is 52.5 Å². The average Bonchev–Trinajstić information content (AvgIpc) is 2.88. The molecule has 0 atom stereocenters. The van der Waals surface area contributed by atoms with E-state index in [4.69, 9.17) is 10.2 Å². The van der Waals surface area contributed by atoms with Crippen molar-refractivity contribution in [2.75, 3.05) is 19.6 Å². The Morgan fingerprint density at radius 2 is 1.63 bits per heavy atom. The minimum Gasteiger partial charge on any atom is -0.481 e. The molecule has 0 spiro atoms. The lowest BCUT2D eigenvalue weighted by Gasteiger charge is -2.44. The molecule has 4 rings (SSSR count). The zero-order chi connectivity index (χ0) is 27.7. The predicted octanol–water partition coefficient (Wildman–Crippen LogP) is 6.19. The van der Waals surface area contributed by atoms with Crippen molar-refractivity contribution in [2.45, 2.75) is 64.2 Å². The molecule has 0 saturated carbocycles. The summed E-state index contributed by atoms with van der Waals surface area (Å²) in [5, 5.41) is 18.2. The van der Waals surface area contributed by atoms with Gasteiger partial charge in [-0.25, -0.2) is 4.79 Å². The normalized spacial score (nSPS) is 18.6. The van der Waals surface area contributed by atoms with Crippen molar-refractivity contribution < 1.29 is 24.6 Å². The Balaban J connectivity index is 1.71. The van der Waals surface area contributed by atoms with E-state index in [1.54, 1.807) is 24.3 Å². The Labute approximate surface area is 224 Å². The summed E-state index contributed by atoms with van der Waals surface area (Å²) in [7, 11) is 0. The van der Waals surface area contributed by atoms with E-state index in [1.807, 2.05) is 6.07 Å². The molecule has 0 saturated heterocycles. The second-order valence-corrected chi connectivity index (χ2v) is 11.8. The van der Waals surface area contributed by atoms with Crippen molar-refractivity contribution in [2.24, 2.45) is 0 Å². The Hall–Kier alpha value is -3.51. The van der Waals surface area contributed by atoms with E-state index in [0.717, 1.165) is 36.9 Å². The first kappa shape index (κ1) is 27.5. The average molecular weight is 516 g/mol. The fraction of sp³-hybridized carbons (Fsp3) is 0.406. The maximum absolute atomic E-state index is 13.4. The highest BCUT2D eigenvalue weighted by Gasteiger charge is 2.39. The highest BCUT2D eigenvalue weighted by atomic mass is 16.4. The van der Waals surface area contributed by atoms with Crippen LogP contribution in [0.25, 0.3) is 11.6 Å². The topological polar surface area (TPSA) is 94.9 Å². The molecule has 2 N–H and O–H groups in total. The van der Waals surface area contributed by atoms with Gasteiger partial charge in [0.25, 0.3) is 0 Å². The predicted molar refractivity (Wildman–Crippen MR) is 150 cm³/mol.